The SMILES string of the molecule is CC(C)n1nnnc1SCc1ccc(Cl)s1. The number of tetrazole rings is 1. The van der Waals surface area contributed by atoms with Crippen LogP contribution in [0.2, 0.25) is 4.34 Å². The highest BCUT2D eigenvalue weighted by Gasteiger charge is 2.10. The molecule has 0 saturated heterocycles. The summed E-state index contributed by atoms with van der Waals surface area (Å²) >= 11 is 9.08. The minimum atomic E-state index is 0.282. The van der Waals surface area contributed by atoms with Crippen LogP contribution < -0.4 is 0 Å². The molecule has 0 spiro atoms. The lowest BCUT2D eigenvalue weighted by atomic mass is 10.4. The van der Waals surface area contributed by atoms with Crippen LogP contribution in [0.15, 0.2) is 17.3 Å². The Kier molecular flexibility index (Phi) is 3.83. The van der Waals surface area contributed by atoms with Crippen molar-refractivity contribution in [3.8, 4) is 0 Å². The van der Waals surface area contributed by atoms with E-state index in [1.807, 2.05) is 16.8 Å². The number of thioether (sulfide) groups is 1. The fourth-order valence-corrected chi connectivity index (χ4v) is 3.31. The highest BCUT2D eigenvalue weighted by Crippen LogP contribution is 2.28. The molecular formula is C9H11ClN4S2. The Labute approximate surface area is 107 Å². The molecule has 0 atom stereocenters. The summed E-state index contributed by atoms with van der Waals surface area (Å²) < 4.78 is 2.64. The molecule has 0 bridgehead atoms. The monoisotopic (exact) mass is 274 g/mol. The zero-order valence-electron chi connectivity index (χ0n) is 8.92. The summed E-state index contributed by atoms with van der Waals surface area (Å²) in [5.74, 6) is 0.852. The fourth-order valence-electron chi connectivity index (χ4n) is 1.17. The molecule has 7 heteroatoms. The second kappa shape index (κ2) is 5.16. The van der Waals surface area contributed by atoms with Gasteiger partial charge in [0, 0.05) is 10.6 Å². The van der Waals surface area contributed by atoms with Gasteiger partial charge in [-0.25, -0.2) is 4.68 Å². The van der Waals surface area contributed by atoms with Crippen LogP contribution in [-0.2, 0) is 5.75 Å². The Morgan fingerprint density at radius 1 is 1.50 bits per heavy atom. The molecular weight excluding hydrogens is 264 g/mol. The molecule has 0 aliphatic rings. The van der Waals surface area contributed by atoms with Crippen LogP contribution >= 0.6 is 34.7 Å². The zero-order chi connectivity index (χ0) is 11.5. The maximum atomic E-state index is 5.87. The summed E-state index contributed by atoms with van der Waals surface area (Å²) in [7, 11) is 0. The molecule has 2 aromatic heterocycles. The van der Waals surface area contributed by atoms with Crippen LogP contribution in [0, 0.1) is 0 Å². The van der Waals surface area contributed by atoms with Gasteiger partial charge in [-0.05, 0) is 36.4 Å². The topological polar surface area (TPSA) is 43.6 Å². The molecule has 0 N–H and O–H groups in total. The van der Waals surface area contributed by atoms with E-state index in [1.54, 1.807) is 23.1 Å². The van der Waals surface area contributed by atoms with Crippen LogP contribution in [0.4, 0.5) is 0 Å². The Balaban J connectivity index is 2.02. The Hall–Kier alpha value is -0.590. The van der Waals surface area contributed by atoms with Crippen molar-refractivity contribution in [2.45, 2.75) is 30.8 Å². The molecule has 0 fully saturated rings. The molecule has 2 aromatic rings. The second-order valence-electron chi connectivity index (χ2n) is 3.49. The van der Waals surface area contributed by atoms with Crippen LogP contribution in [-0.4, -0.2) is 20.2 Å². The first kappa shape index (κ1) is 11.9. The number of hydrogen-bond acceptors (Lipinski definition) is 5. The molecule has 0 saturated carbocycles. The molecule has 16 heavy (non-hydrogen) atoms. The quantitative estimate of drug-likeness (QED) is 0.803. The van der Waals surface area contributed by atoms with E-state index in [0.29, 0.717) is 0 Å². The average Bonchev–Trinajstić information content (AvgIpc) is 2.83. The van der Waals surface area contributed by atoms with E-state index in [9.17, 15) is 0 Å². The van der Waals surface area contributed by atoms with E-state index in [4.69, 9.17) is 11.6 Å². The van der Waals surface area contributed by atoms with E-state index in [1.165, 1.54) is 4.88 Å². The molecule has 2 heterocycles. The summed E-state index contributed by atoms with van der Waals surface area (Å²) in [6.07, 6.45) is 0. The first-order valence-electron chi connectivity index (χ1n) is 4.81. The number of aromatic nitrogens is 4. The van der Waals surface area contributed by atoms with Gasteiger partial charge in [-0.1, -0.05) is 23.4 Å². The van der Waals surface area contributed by atoms with Gasteiger partial charge < -0.3 is 0 Å². The van der Waals surface area contributed by atoms with Crippen molar-refractivity contribution in [3.63, 3.8) is 0 Å². The first-order chi connectivity index (χ1) is 7.66. The summed E-state index contributed by atoms with van der Waals surface area (Å²) in [5.41, 5.74) is 0. The summed E-state index contributed by atoms with van der Waals surface area (Å²) in [6, 6.07) is 4.22. The average molecular weight is 275 g/mol. The smallest absolute Gasteiger partial charge is 0.209 e. The van der Waals surface area contributed by atoms with Crippen molar-refractivity contribution in [3.05, 3.63) is 21.3 Å². The highest BCUT2D eigenvalue weighted by molar-refractivity contribution is 7.98. The highest BCUT2D eigenvalue weighted by atomic mass is 35.5. The van der Waals surface area contributed by atoms with Crippen molar-refractivity contribution >= 4 is 34.7 Å². The van der Waals surface area contributed by atoms with Crippen molar-refractivity contribution < 1.29 is 0 Å². The van der Waals surface area contributed by atoms with Gasteiger partial charge in [-0.3, -0.25) is 0 Å². The van der Waals surface area contributed by atoms with Crippen molar-refractivity contribution in [1.29, 1.82) is 0 Å². The van der Waals surface area contributed by atoms with Gasteiger partial charge in [-0.15, -0.1) is 16.4 Å². The maximum absolute atomic E-state index is 5.87. The van der Waals surface area contributed by atoms with E-state index in [0.717, 1.165) is 15.2 Å². The first-order valence-corrected chi connectivity index (χ1v) is 6.99. The molecule has 86 valence electrons. The molecule has 2 rings (SSSR count). The third-order valence-electron chi connectivity index (χ3n) is 1.92. The zero-order valence-corrected chi connectivity index (χ0v) is 11.3. The molecule has 0 amide bonds. The van der Waals surface area contributed by atoms with Gasteiger partial charge in [0.2, 0.25) is 5.16 Å². The number of halogens is 1. The lowest BCUT2D eigenvalue weighted by Gasteiger charge is -2.05. The minimum Gasteiger partial charge on any atom is -0.218 e. The van der Waals surface area contributed by atoms with Gasteiger partial charge in [0.15, 0.2) is 0 Å². The third-order valence-corrected chi connectivity index (χ3v) is 4.32. The van der Waals surface area contributed by atoms with Crippen LogP contribution in [0.3, 0.4) is 0 Å². The Morgan fingerprint density at radius 2 is 2.31 bits per heavy atom. The minimum absolute atomic E-state index is 0.282. The van der Waals surface area contributed by atoms with Gasteiger partial charge in [0.1, 0.15) is 0 Å². The van der Waals surface area contributed by atoms with Gasteiger partial charge in [-0.2, -0.15) is 0 Å². The second-order valence-corrected chi connectivity index (χ2v) is 6.24. The normalized spacial score (nSPS) is 11.2. The van der Waals surface area contributed by atoms with Crippen molar-refractivity contribution in [1.82, 2.24) is 20.2 Å². The number of hydrogen-bond donors (Lipinski definition) is 0. The lowest BCUT2D eigenvalue weighted by molar-refractivity contribution is 0.477. The summed E-state index contributed by atoms with van der Waals surface area (Å²) in [5, 5.41) is 12.5. The largest absolute Gasteiger partial charge is 0.218 e. The molecule has 0 aliphatic heterocycles. The number of nitrogens with zero attached hydrogens (tertiary/aromatic N) is 4. The third kappa shape index (κ3) is 2.75. The number of thiophene rings is 1. The van der Waals surface area contributed by atoms with Crippen LogP contribution in [0.1, 0.15) is 24.8 Å². The molecule has 4 nitrogen and oxygen atoms in total. The molecule has 0 radical (unpaired) electrons. The predicted molar refractivity (Wildman–Crippen MR) is 67.1 cm³/mol. The standard InChI is InChI=1S/C9H11ClN4S2/c1-6(2)14-9(11-12-13-14)15-5-7-3-4-8(10)16-7/h3-4,6H,5H2,1-2H3. The van der Waals surface area contributed by atoms with Crippen molar-refractivity contribution in [2.24, 2.45) is 0 Å². The lowest BCUT2D eigenvalue weighted by Crippen LogP contribution is -2.04. The Morgan fingerprint density at radius 3 is 2.94 bits per heavy atom. The van der Waals surface area contributed by atoms with E-state index in [-0.39, 0.29) is 6.04 Å². The van der Waals surface area contributed by atoms with E-state index in [2.05, 4.69) is 29.4 Å². The van der Waals surface area contributed by atoms with Crippen LogP contribution in [0.5, 0.6) is 0 Å². The molecule has 0 aromatic carbocycles. The molecule has 0 unspecified atom stereocenters. The van der Waals surface area contributed by atoms with Gasteiger partial charge in [0.05, 0.1) is 10.4 Å². The fraction of sp³-hybridized carbons (Fsp3) is 0.444. The number of rotatable bonds is 4. The predicted octanol–water partition coefficient (Wildman–Crippen LogP) is 3.26. The Bertz CT molecular complexity index is 466. The van der Waals surface area contributed by atoms with Crippen molar-refractivity contribution in [2.75, 3.05) is 0 Å². The van der Waals surface area contributed by atoms with Gasteiger partial charge >= 0.3 is 0 Å². The molecule has 0 aliphatic carbocycles. The van der Waals surface area contributed by atoms with Crippen LogP contribution in [0.25, 0.3) is 0 Å². The van der Waals surface area contributed by atoms with E-state index < -0.39 is 0 Å². The summed E-state index contributed by atoms with van der Waals surface area (Å²) in [6.45, 7) is 4.12. The van der Waals surface area contributed by atoms with E-state index >= 15 is 0 Å². The van der Waals surface area contributed by atoms with Gasteiger partial charge in [0.25, 0.3) is 0 Å². The summed E-state index contributed by atoms with van der Waals surface area (Å²) in [4.78, 5) is 1.23. The maximum Gasteiger partial charge on any atom is 0.209 e.